The minimum absolute atomic E-state index is 0.777. The minimum Gasteiger partial charge on any atom is -0.397 e. The summed E-state index contributed by atoms with van der Waals surface area (Å²) in [5.41, 5.74) is 7.70. The molecule has 1 heterocycles. The maximum atomic E-state index is 5.81. The summed E-state index contributed by atoms with van der Waals surface area (Å²) in [5.74, 6) is 1.07. The van der Waals surface area contributed by atoms with Crippen molar-refractivity contribution >= 4 is 11.5 Å². The van der Waals surface area contributed by atoms with Crippen molar-refractivity contribution in [2.45, 2.75) is 46.5 Å². The van der Waals surface area contributed by atoms with E-state index in [0.29, 0.717) is 0 Å². The zero-order chi connectivity index (χ0) is 12.7. The molecular formula is C14H25N3. The number of anilines is 2. The van der Waals surface area contributed by atoms with Crippen molar-refractivity contribution in [2.75, 3.05) is 23.7 Å². The molecule has 0 spiro atoms. The third-order valence-corrected chi connectivity index (χ3v) is 3.02. The van der Waals surface area contributed by atoms with Gasteiger partial charge in [-0.15, -0.1) is 0 Å². The predicted octanol–water partition coefficient (Wildman–Crippen LogP) is 3.38. The summed E-state index contributed by atoms with van der Waals surface area (Å²) in [6, 6.07) is 2.10. The van der Waals surface area contributed by atoms with E-state index in [-0.39, 0.29) is 0 Å². The van der Waals surface area contributed by atoms with E-state index < -0.39 is 0 Å². The van der Waals surface area contributed by atoms with Gasteiger partial charge in [0.15, 0.2) is 0 Å². The molecule has 0 fully saturated rings. The number of rotatable bonds is 7. The van der Waals surface area contributed by atoms with Crippen LogP contribution in [0.4, 0.5) is 11.5 Å². The fourth-order valence-electron chi connectivity index (χ4n) is 1.76. The average molecular weight is 235 g/mol. The van der Waals surface area contributed by atoms with Gasteiger partial charge in [-0.1, -0.05) is 26.7 Å². The van der Waals surface area contributed by atoms with Gasteiger partial charge in [0.25, 0.3) is 0 Å². The summed E-state index contributed by atoms with van der Waals surface area (Å²) in [6.07, 6.45) is 6.65. The maximum Gasteiger partial charge on any atom is 0.128 e. The number of nitrogen functional groups attached to an aromatic ring is 1. The molecule has 0 unspecified atom stereocenters. The van der Waals surface area contributed by atoms with Crippen molar-refractivity contribution in [2.24, 2.45) is 0 Å². The number of hydrogen-bond acceptors (Lipinski definition) is 3. The van der Waals surface area contributed by atoms with E-state index in [0.717, 1.165) is 30.2 Å². The van der Waals surface area contributed by atoms with E-state index in [1.54, 1.807) is 6.20 Å². The highest BCUT2D eigenvalue weighted by Gasteiger charge is 2.07. The fourth-order valence-corrected chi connectivity index (χ4v) is 1.76. The van der Waals surface area contributed by atoms with Gasteiger partial charge in [-0.25, -0.2) is 4.98 Å². The number of unbranched alkanes of at least 4 members (excludes halogenated alkanes) is 2. The molecule has 0 aliphatic rings. The molecule has 1 rings (SSSR count). The molecule has 0 aromatic carbocycles. The van der Waals surface area contributed by atoms with Crippen molar-refractivity contribution in [3.8, 4) is 0 Å². The Labute approximate surface area is 105 Å². The second kappa shape index (κ2) is 7.15. The van der Waals surface area contributed by atoms with Crippen LogP contribution >= 0.6 is 0 Å². The van der Waals surface area contributed by atoms with Crippen LogP contribution < -0.4 is 10.6 Å². The molecule has 0 saturated carbocycles. The van der Waals surface area contributed by atoms with E-state index >= 15 is 0 Å². The van der Waals surface area contributed by atoms with E-state index in [4.69, 9.17) is 5.73 Å². The number of nitrogens with two attached hydrogens (primary N) is 1. The zero-order valence-electron chi connectivity index (χ0n) is 11.4. The second-order valence-electron chi connectivity index (χ2n) is 4.59. The van der Waals surface area contributed by atoms with Gasteiger partial charge in [-0.05, 0) is 31.4 Å². The SMILES string of the molecule is CCCCN(CCCC)c1cc(C)c(N)cn1. The normalized spacial score (nSPS) is 10.5. The van der Waals surface area contributed by atoms with Gasteiger partial charge in [0, 0.05) is 13.1 Å². The first-order chi connectivity index (χ1) is 8.19. The van der Waals surface area contributed by atoms with Crippen molar-refractivity contribution in [3.63, 3.8) is 0 Å². The zero-order valence-corrected chi connectivity index (χ0v) is 11.4. The van der Waals surface area contributed by atoms with Crippen molar-refractivity contribution < 1.29 is 0 Å². The van der Waals surface area contributed by atoms with E-state index in [1.807, 2.05) is 6.92 Å². The van der Waals surface area contributed by atoms with Crippen LogP contribution in [0.2, 0.25) is 0 Å². The van der Waals surface area contributed by atoms with E-state index in [1.165, 1.54) is 25.7 Å². The number of hydrogen-bond donors (Lipinski definition) is 1. The molecule has 0 aliphatic carbocycles. The molecule has 2 N–H and O–H groups in total. The monoisotopic (exact) mass is 235 g/mol. The smallest absolute Gasteiger partial charge is 0.128 e. The molecular weight excluding hydrogens is 210 g/mol. The summed E-state index contributed by atoms with van der Waals surface area (Å²) < 4.78 is 0. The lowest BCUT2D eigenvalue weighted by Crippen LogP contribution is -2.26. The van der Waals surface area contributed by atoms with Crippen LogP contribution in [0.1, 0.15) is 45.1 Å². The molecule has 0 atom stereocenters. The Kier molecular flexibility index (Phi) is 5.81. The molecule has 1 aromatic heterocycles. The summed E-state index contributed by atoms with van der Waals surface area (Å²) >= 11 is 0. The largest absolute Gasteiger partial charge is 0.397 e. The lowest BCUT2D eigenvalue weighted by atomic mass is 10.2. The van der Waals surface area contributed by atoms with Crippen molar-refractivity contribution in [1.29, 1.82) is 0 Å². The third kappa shape index (κ3) is 4.25. The quantitative estimate of drug-likeness (QED) is 0.787. The minimum atomic E-state index is 0.777. The van der Waals surface area contributed by atoms with Gasteiger partial charge in [0.2, 0.25) is 0 Å². The molecule has 0 radical (unpaired) electrons. The standard InChI is InChI=1S/C14H25N3/c1-4-6-8-17(9-7-5-2)14-10-12(3)13(15)11-16-14/h10-11H,4-9,15H2,1-3H3. The van der Waals surface area contributed by atoms with Crippen LogP contribution in [0, 0.1) is 6.92 Å². The average Bonchev–Trinajstić information content (AvgIpc) is 2.33. The molecule has 17 heavy (non-hydrogen) atoms. The first-order valence-corrected chi connectivity index (χ1v) is 6.66. The highest BCUT2D eigenvalue weighted by Crippen LogP contribution is 2.18. The Morgan fingerprint density at radius 2 is 1.76 bits per heavy atom. The van der Waals surface area contributed by atoms with Crippen LogP contribution in [-0.2, 0) is 0 Å². The molecule has 0 aliphatic heterocycles. The predicted molar refractivity (Wildman–Crippen MR) is 75.4 cm³/mol. The summed E-state index contributed by atoms with van der Waals surface area (Å²) in [6.45, 7) is 8.66. The van der Waals surface area contributed by atoms with Gasteiger partial charge in [0.05, 0.1) is 11.9 Å². The Hall–Kier alpha value is -1.25. The number of aromatic nitrogens is 1. The Morgan fingerprint density at radius 3 is 2.24 bits per heavy atom. The molecule has 0 saturated heterocycles. The van der Waals surface area contributed by atoms with Crippen LogP contribution in [0.15, 0.2) is 12.3 Å². The number of nitrogens with zero attached hydrogens (tertiary/aromatic N) is 2. The van der Waals surface area contributed by atoms with Gasteiger partial charge < -0.3 is 10.6 Å². The number of pyridine rings is 1. The Morgan fingerprint density at radius 1 is 1.18 bits per heavy atom. The highest BCUT2D eigenvalue weighted by atomic mass is 15.2. The van der Waals surface area contributed by atoms with Gasteiger partial charge in [-0.3, -0.25) is 0 Å². The summed E-state index contributed by atoms with van der Waals surface area (Å²) in [7, 11) is 0. The molecule has 96 valence electrons. The molecule has 1 aromatic rings. The second-order valence-corrected chi connectivity index (χ2v) is 4.59. The van der Waals surface area contributed by atoms with Gasteiger partial charge in [0.1, 0.15) is 5.82 Å². The van der Waals surface area contributed by atoms with Crippen LogP contribution in [-0.4, -0.2) is 18.1 Å². The van der Waals surface area contributed by atoms with Gasteiger partial charge >= 0.3 is 0 Å². The topological polar surface area (TPSA) is 42.1 Å². The first-order valence-electron chi connectivity index (χ1n) is 6.66. The lowest BCUT2D eigenvalue weighted by Gasteiger charge is -2.24. The van der Waals surface area contributed by atoms with Crippen LogP contribution in [0.5, 0.6) is 0 Å². The molecule has 0 amide bonds. The summed E-state index contributed by atoms with van der Waals surface area (Å²) in [5, 5.41) is 0. The van der Waals surface area contributed by atoms with Crippen LogP contribution in [0.3, 0.4) is 0 Å². The lowest BCUT2D eigenvalue weighted by molar-refractivity contribution is 0.671. The Bertz CT molecular complexity index is 328. The van der Waals surface area contributed by atoms with Crippen LogP contribution in [0.25, 0.3) is 0 Å². The molecule has 0 bridgehead atoms. The fraction of sp³-hybridized carbons (Fsp3) is 0.643. The maximum absolute atomic E-state index is 5.81. The van der Waals surface area contributed by atoms with E-state index in [9.17, 15) is 0 Å². The van der Waals surface area contributed by atoms with Crippen molar-refractivity contribution in [3.05, 3.63) is 17.8 Å². The van der Waals surface area contributed by atoms with E-state index in [2.05, 4.69) is 29.8 Å². The van der Waals surface area contributed by atoms with Gasteiger partial charge in [-0.2, -0.15) is 0 Å². The molecule has 3 nitrogen and oxygen atoms in total. The first kappa shape index (κ1) is 13.8. The Balaban J connectivity index is 2.75. The number of aryl methyl sites for hydroxylation is 1. The molecule has 3 heteroatoms. The van der Waals surface area contributed by atoms with Crippen molar-refractivity contribution in [1.82, 2.24) is 4.98 Å². The third-order valence-electron chi connectivity index (χ3n) is 3.02. The highest BCUT2D eigenvalue weighted by molar-refractivity contribution is 5.52. The summed E-state index contributed by atoms with van der Waals surface area (Å²) in [4.78, 5) is 6.82.